The third kappa shape index (κ3) is 2.21. The number of rotatable bonds is 2. The van der Waals surface area contributed by atoms with Crippen LogP contribution in [0.1, 0.15) is 18.9 Å². The van der Waals surface area contributed by atoms with Crippen molar-refractivity contribution in [1.29, 1.82) is 5.26 Å². The zero-order valence-corrected chi connectivity index (χ0v) is 11.6. The molecule has 2 unspecified atom stereocenters. The second kappa shape index (κ2) is 5.10. The van der Waals surface area contributed by atoms with Crippen molar-refractivity contribution in [3.05, 3.63) is 35.9 Å². The molecule has 0 bridgehead atoms. The maximum atomic E-state index is 9.37. The summed E-state index contributed by atoms with van der Waals surface area (Å²) in [5.41, 5.74) is 7.57. The molecule has 0 spiro atoms. The molecule has 1 aliphatic heterocycles. The van der Waals surface area contributed by atoms with Gasteiger partial charge in [-0.2, -0.15) is 5.26 Å². The zero-order chi connectivity index (χ0) is 14.1. The smallest absolute Gasteiger partial charge is 0.147 e. The van der Waals surface area contributed by atoms with Crippen LogP contribution in [0.4, 0.5) is 5.82 Å². The van der Waals surface area contributed by atoms with Gasteiger partial charge in [-0.25, -0.2) is 4.98 Å². The average Bonchev–Trinajstić information content (AvgIpc) is 2.95. The van der Waals surface area contributed by atoms with E-state index in [1.54, 1.807) is 0 Å². The van der Waals surface area contributed by atoms with Gasteiger partial charge in [-0.3, -0.25) is 0 Å². The first-order valence-corrected chi connectivity index (χ1v) is 6.99. The molecule has 2 N–H and O–H groups in total. The van der Waals surface area contributed by atoms with Crippen molar-refractivity contribution < 1.29 is 0 Å². The van der Waals surface area contributed by atoms with Crippen molar-refractivity contribution in [2.24, 2.45) is 11.7 Å². The van der Waals surface area contributed by atoms with Crippen LogP contribution in [0.5, 0.6) is 0 Å². The number of hydrogen-bond acceptors (Lipinski definition) is 4. The molecule has 2 atom stereocenters. The monoisotopic (exact) mass is 266 g/mol. The van der Waals surface area contributed by atoms with Crippen LogP contribution in [0.2, 0.25) is 0 Å². The SMILES string of the molecule is CC(N)C1CCN(c2nc3ccccc3cc2C#N)C1. The van der Waals surface area contributed by atoms with Gasteiger partial charge in [-0.05, 0) is 31.4 Å². The number of fused-ring (bicyclic) bond motifs is 1. The third-order valence-electron chi connectivity index (χ3n) is 4.09. The molecule has 0 saturated carbocycles. The van der Waals surface area contributed by atoms with Gasteiger partial charge in [0, 0.05) is 24.5 Å². The van der Waals surface area contributed by atoms with Crippen molar-refractivity contribution in [3.8, 4) is 6.07 Å². The molecule has 0 radical (unpaired) electrons. The van der Waals surface area contributed by atoms with Gasteiger partial charge in [0.1, 0.15) is 11.9 Å². The standard InChI is InChI=1S/C16H18N4/c1-11(18)13-6-7-20(10-13)16-14(9-17)8-12-4-2-3-5-15(12)19-16/h2-5,8,11,13H,6-7,10,18H2,1H3. The molecule has 0 aliphatic carbocycles. The van der Waals surface area contributed by atoms with Gasteiger partial charge in [0.2, 0.25) is 0 Å². The number of benzene rings is 1. The summed E-state index contributed by atoms with van der Waals surface area (Å²) >= 11 is 0. The van der Waals surface area contributed by atoms with Gasteiger partial charge in [0.15, 0.2) is 0 Å². The minimum Gasteiger partial charge on any atom is -0.355 e. The Hall–Kier alpha value is -2.12. The Morgan fingerprint density at radius 2 is 2.25 bits per heavy atom. The van der Waals surface area contributed by atoms with Crippen molar-refractivity contribution in [3.63, 3.8) is 0 Å². The Morgan fingerprint density at radius 1 is 1.45 bits per heavy atom. The minimum absolute atomic E-state index is 0.186. The van der Waals surface area contributed by atoms with E-state index < -0.39 is 0 Å². The molecule has 0 amide bonds. The lowest BCUT2D eigenvalue weighted by atomic mass is 10.0. The van der Waals surface area contributed by atoms with E-state index in [9.17, 15) is 5.26 Å². The summed E-state index contributed by atoms with van der Waals surface area (Å²) < 4.78 is 0. The third-order valence-corrected chi connectivity index (χ3v) is 4.09. The number of nitrogens with two attached hydrogens (primary N) is 1. The molecule has 2 heterocycles. The van der Waals surface area contributed by atoms with E-state index in [1.165, 1.54) is 0 Å². The van der Waals surface area contributed by atoms with Gasteiger partial charge < -0.3 is 10.6 Å². The van der Waals surface area contributed by atoms with Crippen molar-refractivity contribution in [2.45, 2.75) is 19.4 Å². The number of hydrogen-bond donors (Lipinski definition) is 1. The van der Waals surface area contributed by atoms with Gasteiger partial charge in [0.05, 0.1) is 11.1 Å². The summed E-state index contributed by atoms with van der Waals surface area (Å²) in [6.07, 6.45) is 1.07. The quantitative estimate of drug-likeness (QED) is 0.905. The number of pyridine rings is 1. The lowest BCUT2D eigenvalue weighted by Crippen LogP contribution is -2.30. The molecule has 4 nitrogen and oxygen atoms in total. The summed E-state index contributed by atoms with van der Waals surface area (Å²) in [5, 5.41) is 10.4. The van der Waals surface area contributed by atoms with Crippen LogP contribution in [-0.4, -0.2) is 24.1 Å². The molecule has 1 aromatic heterocycles. The van der Waals surface area contributed by atoms with Gasteiger partial charge in [-0.15, -0.1) is 0 Å². The number of aromatic nitrogens is 1. The fraction of sp³-hybridized carbons (Fsp3) is 0.375. The largest absolute Gasteiger partial charge is 0.355 e. The summed E-state index contributed by atoms with van der Waals surface area (Å²) in [5.74, 6) is 1.28. The van der Waals surface area contributed by atoms with Crippen molar-refractivity contribution in [1.82, 2.24) is 4.98 Å². The van der Waals surface area contributed by atoms with Gasteiger partial charge in [0.25, 0.3) is 0 Å². The first-order chi connectivity index (χ1) is 9.69. The first-order valence-electron chi connectivity index (χ1n) is 6.99. The average molecular weight is 266 g/mol. The van der Waals surface area contributed by atoms with E-state index in [1.807, 2.05) is 37.3 Å². The fourth-order valence-corrected chi connectivity index (χ4v) is 2.84. The topological polar surface area (TPSA) is 65.9 Å². The summed E-state index contributed by atoms with van der Waals surface area (Å²) in [6.45, 7) is 3.86. The normalized spacial score (nSPS) is 20.1. The van der Waals surface area contributed by atoms with Crippen LogP contribution in [0.15, 0.2) is 30.3 Å². The van der Waals surface area contributed by atoms with E-state index in [-0.39, 0.29) is 6.04 Å². The second-order valence-corrected chi connectivity index (χ2v) is 5.52. The van der Waals surface area contributed by atoms with Crippen LogP contribution < -0.4 is 10.6 Å². The molecule has 1 saturated heterocycles. The Labute approximate surface area is 118 Å². The van der Waals surface area contributed by atoms with Crippen LogP contribution in [-0.2, 0) is 0 Å². The van der Waals surface area contributed by atoms with Crippen molar-refractivity contribution in [2.75, 3.05) is 18.0 Å². The number of nitriles is 1. The van der Waals surface area contributed by atoms with Crippen molar-refractivity contribution >= 4 is 16.7 Å². The molecule has 4 heteroatoms. The zero-order valence-electron chi connectivity index (χ0n) is 11.6. The van der Waals surface area contributed by atoms with Crippen LogP contribution >= 0.6 is 0 Å². The molecular formula is C16H18N4. The van der Waals surface area contributed by atoms with E-state index >= 15 is 0 Å². The molecule has 2 aromatic rings. The summed E-state index contributed by atoms with van der Waals surface area (Å²) in [4.78, 5) is 6.88. The Kier molecular flexibility index (Phi) is 3.29. The van der Waals surface area contributed by atoms with E-state index in [2.05, 4.69) is 16.0 Å². The van der Waals surface area contributed by atoms with Crippen LogP contribution in [0.3, 0.4) is 0 Å². The highest BCUT2D eigenvalue weighted by Crippen LogP contribution is 2.28. The number of para-hydroxylation sites is 1. The molecule has 3 rings (SSSR count). The molecule has 1 fully saturated rings. The highest BCUT2D eigenvalue weighted by atomic mass is 15.2. The molecule has 102 valence electrons. The predicted molar refractivity (Wildman–Crippen MR) is 80.4 cm³/mol. The lowest BCUT2D eigenvalue weighted by molar-refractivity contribution is 0.488. The summed E-state index contributed by atoms with van der Waals surface area (Å²) in [7, 11) is 0. The molecule has 1 aliphatic rings. The Morgan fingerprint density at radius 3 is 2.95 bits per heavy atom. The minimum atomic E-state index is 0.186. The number of anilines is 1. The van der Waals surface area contributed by atoms with Gasteiger partial charge >= 0.3 is 0 Å². The Bertz CT molecular complexity index is 672. The van der Waals surface area contributed by atoms with Crippen LogP contribution in [0.25, 0.3) is 10.9 Å². The maximum Gasteiger partial charge on any atom is 0.147 e. The first kappa shape index (κ1) is 12.9. The van der Waals surface area contributed by atoms with E-state index in [0.717, 1.165) is 36.2 Å². The molecule has 1 aromatic carbocycles. The lowest BCUT2D eigenvalue weighted by Gasteiger charge is -2.20. The van der Waals surface area contributed by atoms with Crippen LogP contribution in [0, 0.1) is 17.2 Å². The molecule has 20 heavy (non-hydrogen) atoms. The van der Waals surface area contributed by atoms with E-state index in [0.29, 0.717) is 11.5 Å². The Balaban J connectivity index is 2.01. The second-order valence-electron chi connectivity index (χ2n) is 5.52. The highest BCUT2D eigenvalue weighted by Gasteiger charge is 2.27. The van der Waals surface area contributed by atoms with Gasteiger partial charge in [-0.1, -0.05) is 18.2 Å². The highest BCUT2D eigenvalue weighted by molar-refractivity contribution is 5.83. The molecular weight excluding hydrogens is 248 g/mol. The predicted octanol–water partition coefficient (Wildman–Crippen LogP) is 2.28. The van der Waals surface area contributed by atoms with E-state index in [4.69, 9.17) is 5.73 Å². The number of nitrogens with zero attached hydrogens (tertiary/aromatic N) is 3. The fourth-order valence-electron chi connectivity index (χ4n) is 2.84. The maximum absolute atomic E-state index is 9.37. The summed E-state index contributed by atoms with van der Waals surface area (Å²) in [6, 6.07) is 12.3.